The number of hydrogen-bond acceptors (Lipinski definition) is 6. The number of hydrogen-bond donors (Lipinski definition) is 1. The lowest BCUT2D eigenvalue weighted by atomic mass is 10.2. The lowest BCUT2D eigenvalue weighted by Crippen LogP contribution is -2.38. The number of sulfonamides is 2. The molecule has 9 nitrogen and oxygen atoms in total. The van der Waals surface area contributed by atoms with Gasteiger partial charge in [0, 0.05) is 12.7 Å². The van der Waals surface area contributed by atoms with E-state index < -0.39 is 32.5 Å². The van der Waals surface area contributed by atoms with Crippen LogP contribution in [0.1, 0.15) is 6.92 Å². The first-order valence-corrected chi connectivity index (χ1v) is 14.0. The largest absolute Gasteiger partial charge is 0.494 e. The Morgan fingerprint density at radius 2 is 1.51 bits per heavy atom. The van der Waals surface area contributed by atoms with E-state index in [-0.39, 0.29) is 4.90 Å². The number of para-hydroxylation sites is 1. The van der Waals surface area contributed by atoms with E-state index in [0.29, 0.717) is 29.4 Å². The van der Waals surface area contributed by atoms with Crippen LogP contribution in [0.2, 0.25) is 0 Å². The molecule has 0 aliphatic heterocycles. The summed E-state index contributed by atoms with van der Waals surface area (Å²) in [6.07, 6.45) is 1.07. The third-order valence-electron chi connectivity index (χ3n) is 5.05. The molecule has 0 fully saturated rings. The summed E-state index contributed by atoms with van der Waals surface area (Å²) < 4.78 is 58.1. The molecule has 0 unspecified atom stereocenters. The zero-order chi connectivity index (χ0) is 25.6. The van der Waals surface area contributed by atoms with Crippen LogP contribution in [0.4, 0.5) is 17.1 Å². The molecule has 0 radical (unpaired) electrons. The van der Waals surface area contributed by atoms with Crippen LogP contribution >= 0.6 is 0 Å². The fraction of sp³-hybridized carbons (Fsp3) is 0.208. The van der Waals surface area contributed by atoms with Crippen LogP contribution in [0.15, 0.2) is 83.8 Å². The van der Waals surface area contributed by atoms with Crippen LogP contribution in [0.5, 0.6) is 5.75 Å². The summed E-state index contributed by atoms with van der Waals surface area (Å²) in [6, 6.07) is 20.5. The zero-order valence-corrected chi connectivity index (χ0v) is 21.2. The molecular weight excluding hydrogens is 490 g/mol. The number of benzene rings is 3. The molecule has 0 aliphatic rings. The van der Waals surface area contributed by atoms with Crippen LogP contribution in [-0.4, -0.2) is 49.2 Å². The van der Waals surface area contributed by atoms with E-state index in [2.05, 4.69) is 5.32 Å². The Bertz CT molecular complexity index is 1380. The van der Waals surface area contributed by atoms with E-state index in [0.717, 1.165) is 14.9 Å². The van der Waals surface area contributed by atoms with Crippen LogP contribution in [0.25, 0.3) is 0 Å². The molecule has 0 saturated carbocycles. The van der Waals surface area contributed by atoms with Gasteiger partial charge in [0.05, 0.1) is 29.1 Å². The van der Waals surface area contributed by atoms with Crippen molar-refractivity contribution in [3.8, 4) is 5.75 Å². The molecule has 3 rings (SSSR count). The highest BCUT2D eigenvalue weighted by molar-refractivity contribution is 7.93. The molecule has 0 aliphatic carbocycles. The minimum atomic E-state index is -4.08. The second-order valence-corrected chi connectivity index (χ2v) is 11.5. The maximum atomic E-state index is 13.5. The number of carbonyl (C=O) groups is 1. The molecule has 0 saturated heterocycles. The molecule has 0 spiro atoms. The highest BCUT2D eigenvalue weighted by Crippen LogP contribution is 2.26. The van der Waals surface area contributed by atoms with Crippen LogP contribution in [0, 0.1) is 0 Å². The minimum Gasteiger partial charge on any atom is -0.494 e. The molecule has 35 heavy (non-hydrogen) atoms. The van der Waals surface area contributed by atoms with Crippen molar-refractivity contribution in [1.82, 2.24) is 0 Å². The molecular formula is C24H27N3O6S2. The zero-order valence-electron chi connectivity index (χ0n) is 19.6. The van der Waals surface area contributed by atoms with Gasteiger partial charge in [-0.1, -0.05) is 24.3 Å². The quantitative estimate of drug-likeness (QED) is 0.441. The molecule has 1 N–H and O–H groups in total. The van der Waals surface area contributed by atoms with Crippen molar-refractivity contribution >= 4 is 43.0 Å². The van der Waals surface area contributed by atoms with Gasteiger partial charge in [0.25, 0.3) is 10.0 Å². The van der Waals surface area contributed by atoms with Gasteiger partial charge in [-0.2, -0.15) is 0 Å². The summed E-state index contributed by atoms with van der Waals surface area (Å²) in [7, 11) is -6.17. The molecule has 0 aromatic heterocycles. The number of ether oxygens (including phenoxy) is 1. The van der Waals surface area contributed by atoms with E-state index in [1.807, 2.05) is 6.92 Å². The van der Waals surface area contributed by atoms with E-state index in [1.54, 1.807) is 60.7 Å². The fourth-order valence-electron chi connectivity index (χ4n) is 3.21. The Kier molecular flexibility index (Phi) is 8.03. The predicted molar refractivity (Wildman–Crippen MR) is 137 cm³/mol. The number of nitrogens with one attached hydrogen (secondary N) is 1. The number of carbonyl (C=O) groups excluding carboxylic acids is 1. The van der Waals surface area contributed by atoms with Crippen molar-refractivity contribution < 1.29 is 26.4 Å². The second kappa shape index (κ2) is 10.8. The smallest absolute Gasteiger partial charge is 0.264 e. The van der Waals surface area contributed by atoms with Crippen molar-refractivity contribution in [2.75, 3.05) is 40.4 Å². The average molecular weight is 518 g/mol. The number of nitrogens with zero attached hydrogens (tertiary/aromatic N) is 2. The molecule has 3 aromatic carbocycles. The van der Waals surface area contributed by atoms with Crippen LogP contribution < -0.4 is 18.7 Å². The molecule has 0 bridgehead atoms. The first-order chi connectivity index (χ1) is 16.5. The van der Waals surface area contributed by atoms with Gasteiger partial charge in [0.2, 0.25) is 15.9 Å². The number of rotatable bonds is 10. The standard InChI is InChI=1S/C24H27N3O6S2/c1-4-33-22-13-15-23(16-14-22)35(31,32)27(20-10-6-5-7-11-20)18-24(28)25-19-9-8-12-21(17-19)26(2)34(3,29)30/h5-17H,4,18H2,1-3H3,(H,25,28). The van der Waals surface area contributed by atoms with Crippen LogP contribution in [0.3, 0.4) is 0 Å². The number of amides is 1. The summed E-state index contributed by atoms with van der Waals surface area (Å²) in [4.78, 5) is 12.9. The van der Waals surface area contributed by atoms with E-state index in [1.165, 1.54) is 25.2 Å². The summed E-state index contributed by atoms with van der Waals surface area (Å²) >= 11 is 0. The second-order valence-electron chi connectivity index (χ2n) is 7.58. The van der Waals surface area contributed by atoms with Gasteiger partial charge in [0.1, 0.15) is 12.3 Å². The van der Waals surface area contributed by atoms with Gasteiger partial charge >= 0.3 is 0 Å². The number of anilines is 3. The highest BCUT2D eigenvalue weighted by Gasteiger charge is 2.27. The van der Waals surface area contributed by atoms with Crippen LogP contribution in [-0.2, 0) is 24.8 Å². The van der Waals surface area contributed by atoms with Crippen molar-refractivity contribution in [3.63, 3.8) is 0 Å². The van der Waals surface area contributed by atoms with Crippen molar-refractivity contribution in [2.24, 2.45) is 0 Å². The normalized spacial score (nSPS) is 11.5. The van der Waals surface area contributed by atoms with Crippen molar-refractivity contribution in [3.05, 3.63) is 78.9 Å². The molecule has 0 atom stereocenters. The monoisotopic (exact) mass is 517 g/mol. The van der Waals surface area contributed by atoms with E-state index in [4.69, 9.17) is 4.74 Å². The van der Waals surface area contributed by atoms with Gasteiger partial charge < -0.3 is 10.1 Å². The third kappa shape index (κ3) is 6.52. The minimum absolute atomic E-state index is 0.00869. The van der Waals surface area contributed by atoms with Gasteiger partial charge in [-0.25, -0.2) is 16.8 Å². The molecule has 0 heterocycles. The molecule has 1 amide bonds. The van der Waals surface area contributed by atoms with Gasteiger partial charge in [-0.05, 0) is 61.5 Å². The first-order valence-electron chi connectivity index (χ1n) is 10.7. The maximum Gasteiger partial charge on any atom is 0.264 e. The highest BCUT2D eigenvalue weighted by atomic mass is 32.2. The van der Waals surface area contributed by atoms with Gasteiger partial charge in [-0.3, -0.25) is 13.4 Å². The SMILES string of the molecule is CCOc1ccc(S(=O)(=O)N(CC(=O)Nc2cccc(N(C)S(C)(=O)=O)c2)c2ccccc2)cc1. The predicted octanol–water partition coefficient (Wildman–Crippen LogP) is 3.32. The van der Waals surface area contributed by atoms with Crippen molar-refractivity contribution in [2.45, 2.75) is 11.8 Å². The fourth-order valence-corrected chi connectivity index (χ4v) is 5.13. The summed E-state index contributed by atoms with van der Waals surface area (Å²) in [6.45, 7) is 1.78. The molecule has 3 aromatic rings. The third-order valence-corrected chi connectivity index (χ3v) is 8.04. The summed E-state index contributed by atoms with van der Waals surface area (Å²) in [5, 5.41) is 2.65. The Morgan fingerprint density at radius 3 is 2.11 bits per heavy atom. The average Bonchev–Trinajstić information content (AvgIpc) is 2.82. The van der Waals surface area contributed by atoms with Crippen molar-refractivity contribution in [1.29, 1.82) is 0 Å². The van der Waals surface area contributed by atoms with Gasteiger partial charge in [-0.15, -0.1) is 0 Å². The lowest BCUT2D eigenvalue weighted by Gasteiger charge is -2.24. The molecule has 11 heteroatoms. The Labute approximate surface area is 206 Å². The maximum absolute atomic E-state index is 13.5. The summed E-state index contributed by atoms with van der Waals surface area (Å²) in [5.74, 6) is -0.0584. The topological polar surface area (TPSA) is 113 Å². The Hall–Kier alpha value is -3.57. The lowest BCUT2D eigenvalue weighted by molar-refractivity contribution is -0.114. The van der Waals surface area contributed by atoms with Gasteiger partial charge in [0.15, 0.2) is 0 Å². The first kappa shape index (κ1) is 26.0. The van der Waals surface area contributed by atoms with E-state index >= 15 is 0 Å². The Balaban J connectivity index is 1.88. The Morgan fingerprint density at radius 1 is 0.886 bits per heavy atom. The molecule has 186 valence electrons. The van der Waals surface area contributed by atoms with E-state index in [9.17, 15) is 21.6 Å². The summed E-state index contributed by atoms with van der Waals surface area (Å²) in [5.41, 5.74) is 1.00.